The second-order valence-corrected chi connectivity index (χ2v) is 4.77. The standard InChI is InChI=1S/C16H24N2O4/c1-4-18(12-15(19)17-16(20)22-6-3)11-13-9-7-8-10-14(13)21-5-2/h7-10H,4-6,11-12H2,1-3H3,(H,17,19,20)/p+1. The van der Waals surface area contributed by atoms with E-state index < -0.39 is 6.09 Å². The highest BCUT2D eigenvalue weighted by atomic mass is 16.5. The number of carbonyl (C=O) groups excluding carboxylic acids is 2. The highest BCUT2D eigenvalue weighted by molar-refractivity contribution is 5.92. The zero-order valence-electron chi connectivity index (χ0n) is 13.5. The van der Waals surface area contributed by atoms with Gasteiger partial charge in [0.25, 0.3) is 5.91 Å². The van der Waals surface area contributed by atoms with Crippen LogP contribution < -0.4 is 15.0 Å². The summed E-state index contributed by atoms with van der Waals surface area (Å²) in [5.74, 6) is 0.492. The van der Waals surface area contributed by atoms with Crippen LogP contribution in [0.4, 0.5) is 4.79 Å². The Hall–Kier alpha value is -2.08. The van der Waals surface area contributed by atoms with E-state index in [1.54, 1.807) is 6.92 Å². The van der Waals surface area contributed by atoms with E-state index in [2.05, 4.69) is 5.32 Å². The summed E-state index contributed by atoms with van der Waals surface area (Å²) in [6, 6.07) is 7.78. The fraction of sp³-hybridized carbons (Fsp3) is 0.500. The molecule has 2 amide bonds. The average Bonchev–Trinajstić information content (AvgIpc) is 2.48. The van der Waals surface area contributed by atoms with Gasteiger partial charge in [0.1, 0.15) is 12.3 Å². The summed E-state index contributed by atoms with van der Waals surface area (Å²) in [7, 11) is 0. The molecular weight excluding hydrogens is 284 g/mol. The first-order valence-corrected chi connectivity index (χ1v) is 7.61. The molecule has 0 aliphatic carbocycles. The normalized spacial score (nSPS) is 11.6. The molecule has 6 nitrogen and oxygen atoms in total. The summed E-state index contributed by atoms with van der Waals surface area (Å²) in [5, 5.41) is 2.22. The SMILES string of the molecule is CCOC(=O)NC(=O)C[NH+](CC)Cc1ccccc1OCC. The number of para-hydroxylation sites is 1. The number of ether oxygens (including phenoxy) is 2. The number of alkyl carbamates (subject to hydrolysis) is 1. The third kappa shape index (κ3) is 6.13. The van der Waals surface area contributed by atoms with Gasteiger partial charge < -0.3 is 14.4 Å². The van der Waals surface area contributed by atoms with Crippen molar-refractivity contribution in [3.63, 3.8) is 0 Å². The number of hydrogen-bond donors (Lipinski definition) is 2. The lowest BCUT2D eigenvalue weighted by atomic mass is 10.2. The van der Waals surface area contributed by atoms with Gasteiger partial charge in [0.15, 0.2) is 6.54 Å². The smallest absolute Gasteiger partial charge is 0.414 e. The van der Waals surface area contributed by atoms with E-state index in [1.807, 2.05) is 38.1 Å². The minimum atomic E-state index is -0.697. The van der Waals surface area contributed by atoms with E-state index in [1.165, 1.54) is 0 Å². The van der Waals surface area contributed by atoms with Crippen molar-refractivity contribution >= 4 is 12.0 Å². The minimum Gasteiger partial charge on any atom is -0.493 e. The van der Waals surface area contributed by atoms with E-state index in [0.717, 1.165) is 22.8 Å². The van der Waals surface area contributed by atoms with Crippen molar-refractivity contribution < 1.29 is 24.0 Å². The monoisotopic (exact) mass is 309 g/mol. The number of imide groups is 1. The number of amides is 2. The number of quaternary nitrogens is 1. The highest BCUT2D eigenvalue weighted by Crippen LogP contribution is 2.16. The Morgan fingerprint density at radius 2 is 1.86 bits per heavy atom. The van der Waals surface area contributed by atoms with Crippen molar-refractivity contribution in [3.05, 3.63) is 29.8 Å². The Balaban J connectivity index is 2.61. The van der Waals surface area contributed by atoms with E-state index in [4.69, 9.17) is 9.47 Å². The highest BCUT2D eigenvalue weighted by Gasteiger charge is 2.17. The lowest BCUT2D eigenvalue weighted by molar-refractivity contribution is -0.904. The van der Waals surface area contributed by atoms with Crippen molar-refractivity contribution in [2.45, 2.75) is 27.3 Å². The molecule has 0 aromatic heterocycles. The molecule has 0 heterocycles. The second kappa shape index (κ2) is 9.78. The Bertz CT molecular complexity index is 491. The van der Waals surface area contributed by atoms with Crippen LogP contribution in [-0.4, -0.2) is 38.3 Å². The molecule has 0 spiro atoms. The fourth-order valence-corrected chi connectivity index (χ4v) is 2.08. The number of carbonyl (C=O) groups is 2. The van der Waals surface area contributed by atoms with Crippen LogP contribution in [-0.2, 0) is 16.1 Å². The third-order valence-electron chi connectivity index (χ3n) is 3.14. The maximum Gasteiger partial charge on any atom is 0.414 e. The van der Waals surface area contributed by atoms with Crippen LogP contribution >= 0.6 is 0 Å². The van der Waals surface area contributed by atoms with E-state index in [0.29, 0.717) is 13.2 Å². The van der Waals surface area contributed by atoms with Crippen LogP contribution in [0.15, 0.2) is 24.3 Å². The van der Waals surface area contributed by atoms with Crippen LogP contribution in [0.2, 0.25) is 0 Å². The Kier molecular flexibility index (Phi) is 7.99. The molecule has 2 N–H and O–H groups in total. The van der Waals surface area contributed by atoms with Crippen molar-refractivity contribution in [1.29, 1.82) is 0 Å². The fourth-order valence-electron chi connectivity index (χ4n) is 2.08. The van der Waals surface area contributed by atoms with E-state index in [-0.39, 0.29) is 19.1 Å². The third-order valence-corrected chi connectivity index (χ3v) is 3.14. The molecule has 0 bridgehead atoms. The largest absolute Gasteiger partial charge is 0.493 e. The van der Waals surface area contributed by atoms with Crippen LogP contribution in [0.25, 0.3) is 0 Å². The molecule has 122 valence electrons. The summed E-state index contributed by atoms with van der Waals surface area (Å²) in [4.78, 5) is 24.1. The van der Waals surface area contributed by atoms with E-state index in [9.17, 15) is 9.59 Å². The molecular formula is C16H25N2O4+. The van der Waals surface area contributed by atoms with Gasteiger partial charge in [-0.3, -0.25) is 10.1 Å². The molecule has 22 heavy (non-hydrogen) atoms. The molecule has 0 aliphatic rings. The second-order valence-electron chi connectivity index (χ2n) is 4.77. The van der Waals surface area contributed by atoms with Gasteiger partial charge >= 0.3 is 6.09 Å². The van der Waals surface area contributed by atoms with Crippen LogP contribution in [0, 0.1) is 0 Å². The lowest BCUT2D eigenvalue weighted by Crippen LogP contribution is -3.11. The molecule has 0 saturated carbocycles. The Morgan fingerprint density at radius 1 is 1.14 bits per heavy atom. The summed E-state index contributed by atoms with van der Waals surface area (Å²) in [6.07, 6.45) is -0.697. The summed E-state index contributed by atoms with van der Waals surface area (Å²) >= 11 is 0. The number of rotatable bonds is 8. The molecule has 6 heteroatoms. The van der Waals surface area contributed by atoms with Gasteiger partial charge in [0.05, 0.1) is 19.8 Å². The first-order chi connectivity index (χ1) is 10.6. The molecule has 1 rings (SSSR count). The zero-order chi connectivity index (χ0) is 16.4. The molecule has 0 radical (unpaired) electrons. The molecule has 0 aliphatic heterocycles. The maximum atomic E-state index is 11.8. The van der Waals surface area contributed by atoms with Crippen LogP contribution in [0.3, 0.4) is 0 Å². The van der Waals surface area contributed by atoms with Gasteiger partial charge in [-0.05, 0) is 32.9 Å². The summed E-state index contributed by atoms with van der Waals surface area (Å²) in [6.45, 7) is 8.09. The number of nitrogens with one attached hydrogen (secondary N) is 2. The first kappa shape index (κ1) is 18.0. The predicted octanol–water partition coefficient (Wildman–Crippen LogP) is 0.763. The van der Waals surface area contributed by atoms with Gasteiger partial charge in [-0.2, -0.15) is 0 Å². The first-order valence-electron chi connectivity index (χ1n) is 7.61. The summed E-state index contributed by atoms with van der Waals surface area (Å²) < 4.78 is 10.3. The maximum absolute atomic E-state index is 11.8. The average molecular weight is 309 g/mol. The number of hydrogen-bond acceptors (Lipinski definition) is 4. The quantitative estimate of drug-likeness (QED) is 0.744. The zero-order valence-corrected chi connectivity index (χ0v) is 13.5. The Morgan fingerprint density at radius 3 is 2.50 bits per heavy atom. The number of benzene rings is 1. The van der Waals surface area contributed by atoms with Crippen molar-refractivity contribution in [3.8, 4) is 5.75 Å². The van der Waals surface area contributed by atoms with Gasteiger partial charge in [-0.15, -0.1) is 0 Å². The molecule has 1 aromatic carbocycles. The summed E-state index contributed by atoms with van der Waals surface area (Å²) in [5.41, 5.74) is 1.05. The van der Waals surface area contributed by atoms with Gasteiger partial charge in [0.2, 0.25) is 0 Å². The van der Waals surface area contributed by atoms with Crippen molar-refractivity contribution in [1.82, 2.24) is 5.32 Å². The Labute approximate surface area is 131 Å². The topological polar surface area (TPSA) is 69.1 Å². The van der Waals surface area contributed by atoms with Crippen LogP contribution in [0.5, 0.6) is 5.75 Å². The van der Waals surface area contributed by atoms with E-state index >= 15 is 0 Å². The molecule has 1 unspecified atom stereocenters. The molecule has 1 atom stereocenters. The predicted molar refractivity (Wildman–Crippen MR) is 82.9 cm³/mol. The number of likely N-dealkylation sites (N-methyl/N-ethyl adjacent to an activating group) is 1. The lowest BCUT2D eigenvalue weighted by Gasteiger charge is -2.18. The van der Waals surface area contributed by atoms with Crippen LogP contribution in [0.1, 0.15) is 26.3 Å². The van der Waals surface area contributed by atoms with Gasteiger partial charge in [0, 0.05) is 5.56 Å². The molecule has 1 aromatic rings. The van der Waals surface area contributed by atoms with Gasteiger partial charge in [-0.25, -0.2) is 4.79 Å². The minimum absolute atomic E-state index is 0.204. The molecule has 0 fully saturated rings. The van der Waals surface area contributed by atoms with Gasteiger partial charge in [-0.1, -0.05) is 12.1 Å². The van der Waals surface area contributed by atoms with Crippen molar-refractivity contribution in [2.24, 2.45) is 0 Å². The molecule has 0 saturated heterocycles. The van der Waals surface area contributed by atoms with Crippen molar-refractivity contribution in [2.75, 3.05) is 26.3 Å².